The number of benzene rings is 1. The van der Waals surface area contributed by atoms with Crippen LogP contribution >= 0.6 is 0 Å². The summed E-state index contributed by atoms with van der Waals surface area (Å²) < 4.78 is 325. The van der Waals surface area contributed by atoms with Gasteiger partial charge in [0.2, 0.25) is 0 Å². The second kappa shape index (κ2) is 13.7. The smallest absolute Gasteiger partial charge is 0.384 e. The molecule has 1 aromatic rings. The molecule has 0 bridgehead atoms. The van der Waals surface area contributed by atoms with Gasteiger partial charge in [-0.05, 0) is 24.6 Å². The zero-order valence-corrected chi connectivity index (χ0v) is 24.4. The lowest BCUT2D eigenvalue weighted by Crippen LogP contribution is -2.70. The van der Waals surface area contributed by atoms with Gasteiger partial charge in [-0.15, -0.1) is 0 Å². The number of carbonyl (C=O) groups excluding carboxylic acids is 2. The van der Waals surface area contributed by atoms with E-state index < -0.39 is 130 Å². The Bertz CT molecular complexity index is 1510. The number of carbonyl (C=O) groups is 2. The van der Waals surface area contributed by atoms with Crippen LogP contribution in [0.3, 0.4) is 0 Å². The summed E-state index contributed by atoms with van der Waals surface area (Å²) in [4.78, 5) is 19.9. The third kappa shape index (κ3) is 7.20. The normalized spacial score (nSPS) is 14.9. The molecule has 0 unspecified atom stereocenters. The van der Waals surface area contributed by atoms with E-state index in [1.54, 1.807) is 0 Å². The van der Waals surface area contributed by atoms with Crippen molar-refractivity contribution in [1.29, 1.82) is 0 Å². The first-order valence-corrected chi connectivity index (χ1v) is 12.5. The fourth-order valence-electron chi connectivity index (χ4n) is 3.71. The minimum absolute atomic E-state index is 0.0427. The summed E-state index contributed by atoms with van der Waals surface area (Å²) in [5.41, 5.74) is -5.10. The van der Waals surface area contributed by atoms with E-state index >= 15 is 0 Å². The minimum Gasteiger partial charge on any atom is -0.530 e. The average molecular weight is 836 g/mol. The summed E-state index contributed by atoms with van der Waals surface area (Å²) in [6.45, 7) is -7.08. The maximum Gasteiger partial charge on any atom is 0.384 e. The van der Waals surface area contributed by atoms with Crippen LogP contribution in [0, 0.1) is 6.92 Å². The van der Waals surface area contributed by atoms with Crippen LogP contribution in [0.15, 0.2) is 18.2 Å². The van der Waals surface area contributed by atoms with E-state index in [4.69, 9.17) is 0 Å². The Morgan fingerprint density at radius 3 is 1.11 bits per heavy atom. The van der Waals surface area contributed by atoms with E-state index in [1.165, 1.54) is 0 Å². The van der Waals surface area contributed by atoms with Gasteiger partial charge in [0.25, 0.3) is 0 Å². The molecule has 30 heteroatoms. The number of nitrogens with zero attached hydrogens (tertiary/aromatic N) is 2. The minimum atomic E-state index is -8.24. The predicted molar refractivity (Wildman–Crippen MR) is 118 cm³/mol. The maximum atomic E-state index is 14.5. The first-order valence-electron chi connectivity index (χ1n) is 12.5. The molecule has 0 saturated carbocycles. The van der Waals surface area contributed by atoms with Gasteiger partial charge in [0.05, 0.1) is 13.1 Å². The van der Waals surface area contributed by atoms with Crippen molar-refractivity contribution in [3.63, 3.8) is 0 Å². The second-order valence-corrected chi connectivity index (χ2v) is 10.4. The molecule has 308 valence electrons. The van der Waals surface area contributed by atoms with Crippen LogP contribution in [-0.4, -0.2) is 97.4 Å². The van der Waals surface area contributed by atoms with E-state index in [1.807, 2.05) is 0 Å². The first-order chi connectivity index (χ1) is 23.1. The van der Waals surface area contributed by atoms with Crippen LogP contribution in [0.25, 0.3) is 0 Å². The molecule has 0 aliphatic heterocycles. The van der Waals surface area contributed by atoms with Gasteiger partial charge in [0.15, 0.2) is 0 Å². The van der Waals surface area contributed by atoms with Crippen LogP contribution < -0.4 is 20.0 Å². The van der Waals surface area contributed by atoms with Gasteiger partial charge in [0, 0.05) is 11.4 Å². The van der Waals surface area contributed by atoms with Gasteiger partial charge in [-0.2, -0.15) is 87.8 Å². The van der Waals surface area contributed by atoms with Crippen LogP contribution in [0.5, 0.6) is 0 Å². The van der Waals surface area contributed by atoms with Gasteiger partial charge >= 0.3 is 72.1 Å². The van der Waals surface area contributed by atoms with E-state index in [0.29, 0.717) is 6.92 Å². The van der Waals surface area contributed by atoms with Gasteiger partial charge in [-0.25, -0.2) is 17.6 Å². The summed E-state index contributed by atoms with van der Waals surface area (Å²) in [7, 11) is 0. The Morgan fingerprint density at radius 1 is 0.528 bits per heavy atom. The highest BCUT2D eigenvalue weighted by Crippen LogP contribution is 2.60. The highest BCUT2D eigenvalue weighted by molar-refractivity contribution is 5.90. The SMILES string of the molecule is Cc1ccc(N(CC(F)(F)C(F)(F)C(F)(F)C(F)(F)C(F)(F)C(F)F)C(=O)[O-])cc1N(CC(F)(F)C(F)(F)C(F)(F)C(F)(F)C(F)(F)C(F)F)C(=O)[O-]. The maximum absolute atomic E-state index is 14.5. The number of halogens is 24. The zero-order valence-electron chi connectivity index (χ0n) is 24.4. The fourth-order valence-corrected chi connectivity index (χ4v) is 3.71. The van der Waals surface area contributed by atoms with Crippen LogP contribution in [0.2, 0.25) is 0 Å². The van der Waals surface area contributed by atoms with E-state index in [0.717, 1.165) is 0 Å². The number of anilines is 2. The van der Waals surface area contributed by atoms with Gasteiger partial charge in [0.1, 0.15) is 12.2 Å². The molecule has 2 amide bonds. The van der Waals surface area contributed by atoms with Gasteiger partial charge < -0.3 is 29.6 Å². The van der Waals surface area contributed by atoms with Crippen molar-refractivity contribution in [1.82, 2.24) is 0 Å². The first kappa shape index (κ1) is 47.1. The molecule has 0 spiro atoms. The number of amides is 2. The molecule has 0 heterocycles. The molecular weight excluding hydrogens is 824 g/mol. The van der Waals surface area contributed by atoms with Crippen LogP contribution in [-0.2, 0) is 0 Å². The molecule has 0 N–H and O–H groups in total. The Morgan fingerprint density at radius 2 is 0.830 bits per heavy atom. The summed E-state index contributed by atoms with van der Waals surface area (Å²) in [5, 5.41) is 23.0. The third-order valence-electron chi connectivity index (χ3n) is 6.83. The molecule has 0 atom stereocenters. The Labute approximate surface area is 275 Å². The lowest BCUT2D eigenvalue weighted by molar-refractivity contribution is -0.411. The molecule has 0 aromatic heterocycles. The number of rotatable bonds is 16. The molecule has 0 radical (unpaired) electrons. The summed E-state index contributed by atoms with van der Waals surface area (Å²) in [6, 6.07) is -0.609. The van der Waals surface area contributed by atoms with Gasteiger partial charge in [-0.1, -0.05) is 6.07 Å². The Kier molecular flexibility index (Phi) is 12.2. The molecule has 0 saturated heterocycles. The van der Waals surface area contributed by atoms with E-state index in [2.05, 4.69) is 0 Å². The lowest BCUT2D eigenvalue weighted by atomic mass is 9.94. The number of hydrogen-bond acceptors (Lipinski definition) is 4. The zero-order chi connectivity index (χ0) is 42.7. The van der Waals surface area contributed by atoms with Crippen molar-refractivity contribution < 1.29 is 125 Å². The molecule has 0 fully saturated rings. The fraction of sp³-hybridized carbons (Fsp3) is 0.652. The molecule has 0 aliphatic carbocycles. The number of aryl methyl sites for hydroxylation is 1. The topological polar surface area (TPSA) is 86.7 Å². The molecular formula is C23H12F24N2O4-2. The standard InChI is InChI=1S/C23H14F24N2O4/c1-7-2-3-8(48(12(50)51)5-14(28,29)18(36,37)22(44,45)20(40,41)16(32,33)10(24)25)4-9(7)49(13(52)53)6-15(30,31)19(38,39)23(46,47)21(42,43)17(34,35)11(26)27/h2-4,10-11H,5-6H2,1H3,(H,50,51)(H,52,53)/p-2. The Balaban J connectivity index is 3.83. The largest absolute Gasteiger partial charge is 0.530 e. The predicted octanol–water partition coefficient (Wildman–Crippen LogP) is 7.18. The molecule has 1 aromatic carbocycles. The summed E-state index contributed by atoms with van der Waals surface area (Å²) >= 11 is 0. The van der Waals surface area contributed by atoms with Crippen molar-refractivity contribution in [2.45, 2.75) is 79.0 Å². The van der Waals surface area contributed by atoms with Gasteiger partial charge in [-0.3, -0.25) is 0 Å². The van der Waals surface area contributed by atoms with Crippen molar-refractivity contribution >= 4 is 23.6 Å². The lowest BCUT2D eigenvalue weighted by Gasteiger charge is -2.41. The number of hydrogen-bond donors (Lipinski definition) is 0. The Hall–Kier alpha value is -3.92. The average Bonchev–Trinajstić information content (AvgIpc) is 2.97. The van der Waals surface area contributed by atoms with Crippen LogP contribution in [0.4, 0.5) is 126 Å². The second-order valence-electron chi connectivity index (χ2n) is 10.4. The van der Waals surface area contributed by atoms with Crippen molar-refractivity contribution in [3.8, 4) is 0 Å². The quantitative estimate of drug-likeness (QED) is 0.165. The highest BCUT2D eigenvalue weighted by Gasteiger charge is 2.89. The molecule has 53 heavy (non-hydrogen) atoms. The highest BCUT2D eigenvalue weighted by atomic mass is 19.4. The monoisotopic (exact) mass is 836 g/mol. The molecule has 0 aliphatic rings. The summed E-state index contributed by atoms with van der Waals surface area (Å²) in [6.07, 6.45) is -18.7. The van der Waals surface area contributed by atoms with Crippen molar-refractivity contribution in [2.24, 2.45) is 0 Å². The van der Waals surface area contributed by atoms with Crippen molar-refractivity contribution in [3.05, 3.63) is 23.8 Å². The van der Waals surface area contributed by atoms with E-state index in [-0.39, 0.29) is 12.1 Å². The van der Waals surface area contributed by atoms with Crippen LogP contribution in [0.1, 0.15) is 5.56 Å². The van der Waals surface area contributed by atoms with Crippen molar-refractivity contribution in [2.75, 3.05) is 22.9 Å². The third-order valence-corrected chi connectivity index (χ3v) is 6.83. The number of alkyl halides is 24. The molecule has 6 nitrogen and oxygen atoms in total. The number of carboxylic acid groups (broad SMARTS) is 2. The van der Waals surface area contributed by atoms with E-state index in [9.17, 15) is 125 Å². The molecule has 1 rings (SSSR count). The summed E-state index contributed by atoms with van der Waals surface area (Å²) in [5.74, 6) is -77.9.